The van der Waals surface area contributed by atoms with Crippen molar-refractivity contribution >= 4 is 29.0 Å². The molecule has 0 spiro atoms. The summed E-state index contributed by atoms with van der Waals surface area (Å²) in [4.78, 5) is 27.1. The van der Waals surface area contributed by atoms with Crippen LogP contribution in [0.15, 0.2) is 77.2 Å². The Kier molecular flexibility index (Phi) is 7.45. The van der Waals surface area contributed by atoms with Crippen molar-refractivity contribution in [2.24, 2.45) is 28.6 Å². The third-order valence-corrected chi connectivity index (χ3v) is 12.6. The van der Waals surface area contributed by atoms with E-state index >= 15 is 0 Å². The molecular formula is C36H41NO6S. The molecule has 5 aliphatic rings. The third-order valence-electron chi connectivity index (χ3n) is 11.6. The third kappa shape index (κ3) is 4.40. The summed E-state index contributed by atoms with van der Waals surface area (Å²) in [5.41, 5.74) is 1.72. The second-order valence-corrected chi connectivity index (χ2v) is 14.7. The number of nitrogens with one attached hydrogen (secondary N) is 1. The molecule has 3 N–H and O–H groups in total. The molecule has 0 radical (unpaired) electrons. The summed E-state index contributed by atoms with van der Waals surface area (Å²) in [6.45, 7) is 3.56. The van der Waals surface area contributed by atoms with Crippen LogP contribution >= 0.6 is 11.8 Å². The zero-order valence-electron chi connectivity index (χ0n) is 25.5. The van der Waals surface area contributed by atoms with E-state index in [1.54, 1.807) is 23.9 Å². The fourth-order valence-corrected chi connectivity index (χ4v) is 10.4. The first-order valence-corrected chi connectivity index (χ1v) is 16.7. The number of hydrogen-bond acceptors (Lipinski definition) is 8. The second-order valence-electron chi connectivity index (χ2n) is 13.6. The number of rotatable bonds is 7. The molecule has 4 fully saturated rings. The van der Waals surface area contributed by atoms with Crippen molar-refractivity contribution in [1.29, 1.82) is 0 Å². The molecule has 0 bridgehead atoms. The number of Topliss-reactive ketones (excluding diaryl/α,β-unsaturated/α-hetero) is 1. The van der Waals surface area contributed by atoms with Crippen LogP contribution in [-0.4, -0.2) is 53.2 Å². The van der Waals surface area contributed by atoms with Crippen LogP contribution in [0.5, 0.6) is 0 Å². The van der Waals surface area contributed by atoms with Gasteiger partial charge in [0.2, 0.25) is 0 Å². The smallest absolute Gasteiger partial charge is 0.193 e. The number of anilines is 1. The highest BCUT2D eigenvalue weighted by molar-refractivity contribution is 7.98. The molecule has 7 nitrogen and oxygen atoms in total. The van der Waals surface area contributed by atoms with E-state index in [2.05, 4.69) is 43.4 Å². The molecule has 7 rings (SSSR count). The van der Waals surface area contributed by atoms with Crippen LogP contribution in [0.1, 0.15) is 56.9 Å². The van der Waals surface area contributed by atoms with Gasteiger partial charge in [-0.3, -0.25) is 9.59 Å². The Morgan fingerprint density at radius 1 is 1.16 bits per heavy atom. The van der Waals surface area contributed by atoms with Crippen LogP contribution in [0.3, 0.4) is 0 Å². The van der Waals surface area contributed by atoms with Gasteiger partial charge in [0.05, 0.1) is 12.2 Å². The van der Waals surface area contributed by atoms with Crippen molar-refractivity contribution in [1.82, 2.24) is 0 Å². The van der Waals surface area contributed by atoms with E-state index in [0.717, 1.165) is 35.4 Å². The van der Waals surface area contributed by atoms with Gasteiger partial charge in [0.25, 0.3) is 0 Å². The van der Waals surface area contributed by atoms with Gasteiger partial charge in [-0.25, -0.2) is 0 Å². The highest BCUT2D eigenvalue weighted by Gasteiger charge is 2.75. The molecule has 4 aliphatic carbocycles. The van der Waals surface area contributed by atoms with Gasteiger partial charge in [-0.2, -0.15) is 0 Å². The molecule has 9 atom stereocenters. The molecule has 2 aromatic rings. The van der Waals surface area contributed by atoms with Crippen molar-refractivity contribution in [3.63, 3.8) is 0 Å². The van der Waals surface area contributed by atoms with E-state index in [0.29, 0.717) is 12.8 Å². The largest absolute Gasteiger partial charge is 0.393 e. The summed E-state index contributed by atoms with van der Waals surface area (Å²) >= 11 is 1.77. The monoisotopic (exact) mass is 615 g/mol. The predicted octanol–water partition coefficient (Wildman–Crippen LogP) is 5.62. The average molecular weight is 616 g/mol. The van der Waals surface area contributed by atoms with Crippen molar-refractivity contribution in [3.05, 3.63) is 83.5 Å². The van der Waals surface area contributed by atoms with E-state index in [1.165, 1.54) is 10.5 Å². The number of ether oxygens (including phenoxy) is 2. The highest BCUT2D eigenvalue weighted by atomic mass is 32.2. The fraction of sp³-hybridized carbons (Fsp3) is 0.500. The molecule has 1 saturated heterocycles. The summed E-state index contributed by atoms with van der Waals surface area (Å²) in [7, 11) is 1.91. The van der Waals surface area contributed by atoms with Gasteiger partial charge in [0, 0.05) is 45.7 Å². The first-order valence-electron chi connectivity index (χ1n) is 15.7. The van der Waals surface area contributed by atoms with Crippen molar-refractivity contribution in [3.8, 4) is 0 Å². The normalized spacial score (nSPS) is 38.8. The Balaban J connectivity index is 1.13. The number of fused-ring (bicyclic) bond motifs is 7. The van der Waals surface area contributed by atoms with E-state index in [-0.39, 0.29) is 29.3 Å². The molecule has 44 heavy (non-hydrogen) atoms. The number of carbonyl (C=O) groups is 2. The van der Waals surface area contributed by atoms with Crippen LogP contribution in [0, 0.1) is 28.6 Å². The minimum absolute atomic E-state index is 0.00731. The van der Waals surface area contributed by atoms with Gasteiger partial charge >= 0.3 is 0 Å². The van der Waals surface area contributed by atoms with Gasteiger partial charge in [-0.15, -0.1) is 11.8 Å². The van der Waals surface area contributed by atoms with Crippen LogP contribution in [0.2, 0.25) is 0 Å². The maximum Gasteiger partial charge on any atom is 0.193 e. The standard InChI is InChI=1S/C36H41NO6S/c1-34-14-13-25(39)15-23(34)11-12-27-28-17-31-36(30(41)19-38,35(28,2)18-29(40)32(27)34)43-33(42-31)22-9-7-21(8-10-22)20-44-26-6-4-5-24(16-26)37-3/h4-10,13-16,27-29,31-33,37-38,40H,11-12,17-20H2,1-3H3/t27-,28-,29-,31+,32+,33+,34-,35-,36+/m0/s1. The summed E-state index contributed by atoms with van der Waals surface area (Å²) in [5.74, 6) is 0.592. The average Bonchev–Trinajstić information content (AvgIpc) is 3.53. The number of aliphatic hydroxyl groups excluding tert-OH is 2. The van der Waals surface area contributed by atoms with Gasteiger partial charge in [-0.05, 0) is 73.4 Å². The Hall–Kier alpha value is -2.75. The van der Waals surface area contributed by atoms with Gasteiger partial charge < -0.3 is 25.0 Å². The summed E-state index contributed by atoms with van der Waals surface area (Å²) in [6, 6.07) is 16.5. The quantitative estimate of drug-likeness (QED) is 0.345. The number of aliphatic hydroxyl groups is 2. The number of benzene rings is 2. The lowest BCUT2D eigenvalue weighted by molar-refractivity contribution is -0.201. The molecule has 0 aromatic heterocycles. The molecule has 0 unspecified atom stereocenters. The zero-order chi connectivity index (χ0) is 30.9. The lowest BCUT2D eigenvalue weighted by Gasteiger charge is -2.59. The Morgan fingerprint density at radius 2 is 1.95 bits per heavy atom. The Labute approximate surface area is 263 Å². The molecule has 8 heteroatoms. The lowest BCUT2D eigenvalue weighted by atomic mass is 9.46. The molecule has 232 valence electrons. The van der Waals surface area contributed by atoms with Crippen molar-refractivity contribution < 1.29 is 29.3 Å². The summed E-state index contributed by atoms with van der Waals surface area (Å²) < 4.78 is 13.3. The lowest BCUT2D eigenvalue weighted by Crippen LogP contribution is -2.63. The van der Waals surface area contributed by atoms with Crippen molar-refractivity contribution in [2.45, 2.75) is 74.3 Å². The molecule has 0 amide bonds. The first-order chi connectivity index (χ1) is 21.1. The van der Waals surface area contributed by atoms with Crippen LogP contribution in [-0.2, 0) is 24.8 Å². The van der Waals surface area contributed by atoms with Crippen LogP contribution in [0.25, 0.3) is 0 Å². The number of hydrogen-bond donors (Lipinski definition) is 3. The number of ketones is 2. The topological polar surface area (TPSA) is 105 Å². The molecule has 1 heterocycles. The van der Waals surface area contributed by atoms with Gasteiger partial charge in [0.1, 0.15) is 6.61 Å². The minimum atomic E-state index is -1.34. The maximum atomic E-state index is 13.8. The molecular weight excluding hydrogens is 574 g/mol. The van der Waals surface area contributed by atoms with Crippen molar-refractivity contribution in [2.75, 3.05) is 19.0 Å². The highest BCUT2D eigenvalue weighted by Crippen LogP contribution is 2.70. The van der Waals surface area contributed by atoms with Crippen LogP contribution in [0.4, 0.5) is 5.69 Å². The maximum absolute atomic E-state index is 13.8. The summed E-state index contributed by atoms with van der Waals surface area (Å²) in [5, 5.41) is 25.2. The second kappa shape index (κ2) is 11.0. The fourth-order valence-electron chi connectivity index (χ4n) is 9.51. The molecule has 1 aliphatic heterocycles. The van der Waals surface area contributed by atoms with E-state index in [9.17, 15) is 19.8 Å². The SMILES string of the molecule is CNc1cccc(SCc2ccc([C@@H]3O[C@@H]4C[C@H]5[C@@H]6CCC7=CC(=O)C=C[C@]7(C)[C@H]6[C@@H](O)C[C@]5(C)[C@]4(C(=O)CO)O3)cc2)c1. The van der Waals surface area contributed by atoms with E-state index < -0.39 is 41.5 Å². The molecule has 2 aromatic carbocycles. The zero-order valence-corrected chi connectivity index (χ0v) is 26.3. The Morgan fingerprint density at radius 3 is 2.70 bits per heavy atom. The van der Waals surface area contributed by atoms with E-state index in [4.69, 9.17) is 9.47 Å². The number of carbonyl (C=O) groups excluding carboxylic acids is 2. The van der Waals surface area contributed by atoms with Gasteiger partial charge in [0.15, 0.2) is 23.5 Å². The predicted molar refractivity (Wildman–Crippen MR) is 169 cm³/mol. The first kappa shape index (κ1) is 29.9. The van der Waals surface area contributed by atoms with Gasteiger partial charge in [-0.1, -0.05) is 55.8 Å². The van der Waals surface area contributed by atoms with Crippen LogP contribution < -0.4 is 5.32 Å². The Bertz CT molecular complexity index is 1540. The number of allylic oxidation sites excluding steroid dienone is 4. The minimum Gasteiger partial charge on any atom is -0.393 e. The number of thioether (sulfide) groups is 1. The summed E-state index contributed by atoms with van der Waals surface area (Å²) in [6.07, 6.45) is 6.05. The molecule has 3 saturated carbocycles. The van der Waals surface area contributed by atoms with E-state index in [1.807, 2.05) is 37.4 Å².